The molecule has 1 aromatic carbocycles. The molecule has 5 nitrogen and oxygen atoms in total. The number of aryl methyl sites for hydroxylation is 2. The molecule has 1 aromatic heterocycles. The highest BCUT2D eigenvalue weighted by Gasteiger charge is 2.56. The van der Waals surface area contributed by atoms with Crippen molar-refractivity contribution in [1.29, 1.82) is 0 Å². The van der Waals surface area contributed by atoms with E-state index in [4.69, 9.17) is 9.72 Å². The minimum atomic E-state index is -0.135. The molecule has 0 spiro atoms. The highest BCUT2D eigenvalue weighted by Crippen LogP contribution is 2.60. The van der Waals surface area contributed by atoms with Crippen molar-refractivity contribution in [2.45, 2.75) is 52.4 Å². The zero-order valence-electron chi connectivity index (χ0n) is 19.4. The molecule has 4 aliphatic carbocycles. The highest BCUT2D eigenvalue weighted by atomic mass is 32.1. The number of anilines is 1. The summed E-state index contributed by atoms with van der Waals surface area (Å²) in [5, 5.41) is 0.902. The molecule has 1 amide bonds. The second-order valence-corrected chi connectivity index (χ2v) is 12.0. The highest BCUT2D eigenvalue weighted by molar-refractivity contribution is 7.22. The fourth-order valence-corrected chi connectivity index (χ4v) is 8.36. The van der Waals surface area contributed by atoms with Crippen molar-refractivity contribution in [1.82, 2.24) is 9.88 Å². The third-order valence-corrected chi connectivity index (χ3v) is 9.75. The lowest BCUT2D eigenvalue weighted by molar-refractivity contribution is -0.143. The number of hydrogen-bond acceptors (Lipinski definition) is 5. The summed E-state index contributed by atoms with van der Waals surface area (Å²) in [4.78, 5) is 23.9. The Bertz CT molecular complexity index is 951. The second kappa shape index (κ2) is 8.07. The molecule has 0 unspecified atom stereocenters. The third kappa shape index (κ3) is 3.68. The number of nitrogens with zero attached hydrogens (tertiary/aromatic N) is 3. The molecular weight excluding hydrogens is 418 g/mol. The van der Waals surface area contributed by atoms with Crippen LogP contribution >= 0.6 is 11.3 Å². The Kier molecular flexibility index (Phi) is 5.31. The molecule has 1 aliphatic heterocycles. The summed E-state index contributed by atoms with van der Waals surface area (Å²) in [6, 6.07) is 4.42. The molecule has 172 valence electrons. The molecule has 7 rings (SSSR count). The summed E-state index contributed by atoms with van der Waals surface area (Å²) < 4.78 is 6.73. The minimum absolute atomic E-state index is 0.135. The fourth-order valence-electron chi connectivity index (χ4n) is 7.29. The first-order valence-electron chi connectivity index (χ1n) is 12.5. The lowest BCUT2D eigenvalue weighted by atomic mass is 9.49. The predicted molar refractivity (Wildman–Crippen MR) is 129 cm³/mol. The summed E-state index contributed by atoms with van der Waals surface area (Å²) in [7, 11) is 0. The Morgan fingerprint density at radius 1 is 1.09 bits per heavy atom. The number of rotatable bonds is 5. The van der Waals surface area contributed by atoms with Gasteiger partial charge < -0.3 is 4.74 Å². The van der Waals surface area contributed by atoms with Gasteiger partial charge in [0.2, 0.25) is 5.91 Å². The maximum absolute atomic E-state index is 14.3. The van der Waals surface area contributed by atoms with Gasteiger partial charge in [0.15, 0.2) is 5.13 Å². The average Bonchev–Trinajstić information content (AvgIpc) is 3.16. The third-order valence-electron chi connectivity index (χ3n) is 8.70. The van der Waals surface area contributed by atoms with Gasteiger partial charge in [0.25, 0.3) is 0 Å². The molecule has 6 heteroatoms. The van der Waals surface area contributed by atoms with E-state index in [1.54, 1.807) is 11.3 Å². The number of aromatic nitrogens is 1. The van der Waals surface area contributed by atoms with E-state index in [0.717, 1.165) is 87.1 Å². The van der Waals surface area contributed by atoms with Crippen LogP contribution in [-0.4, -0.2) is 55.2 Å². The normalized spacial score (nSPS) is 32.0. The molecule has 2 heterocycles. The second-order valence-electron chi connectivity index (χ2n) is 11.0. The lowest BCUT2D eigenvalue weighted by Crippen LogP contribution is -2.56. The zero-order chi connectivity index (χ0) is 21.9. The Balaban J connectivity index is 1.32. The number of carbonyl (C=O) groups is 1. The van der Waals surface area contributed by atoms with Gasteiger partial charge in [-0.1, -0.05) is 11.3 Å². The number of carbonyl (C=O) groups excluding carboxylic acids is 1. The summed E-state index contributed by atoms with van der Waals surface area (Å²) in [5.74, 6) is 2.68. The first-order chi connectivity index (χ1) is 15.5. The van der Waals surface area contributed by atoms with Gasteiger partial charge in [-0.2, -0.15) is 0 Å². The summed E-state index contributed by atoms with van der Waals surface area (Å²) in [6.07, 6.45) is 7.40. The van der Waals surface area contributed by atoms with Gasteiger partial charge in [0.1, 0.15) is 0 Å². The van der Waals surface area contributed by atoms with Gasteiger partial charge >= 0.3 is 0 Å². The van der Waals surface area contributed by atoms with Crippen molar-refractivity contribution < 1.29 is 9.53 Å². The maximum Gasteiger partial charge on any atom is 0.235 e. The van der Waals surface area contributed by atoms with E-state index in [9.17, 15) is 4.79 Å². The van der Waals surface area contributed by atoms with E-state index in [0.29, 0.717) is 5.91 Å². The summed E-state index contributed by atoms with van der Waals surface area (Å²) >= 11 is 1.70. The van der Waals surface area contributed by atoms with Crippen molar-refractivity contribution in [2.75, 3.05) is 44.3 Å². The zero-order valence-corrected chi connectivity index (χ0v) is 20.3. The molecular formula is C26H35N3O2S. The quantitative estimate of drug-likeness (QED) is 0.653. The van der Waals surface area contributed by atoms with Crippen LogP contribution in [0.15, 0.2) is 12.1 Å². The molecule has 32 heavy (non-hydrogen) atoms. The number of hydrogen-bond donors (Lipinski definition) is 0. The number of morpholine rings is 1. The van der Waals surface area contributed by atoms with Gasteiger partial charge in [-0.15, -0.1) is 0 Å². The smallest absolute Gasteiger partial charge is 0.235 e. The van der Waals surface area contributed by atoms with Crippen molar-refractivity contribution in [3.63, 3.8) is 0 Å². The van der Waals surface area contributed by atoms with Crippen molar-refractivity contribution >= 4 is 32.6 Å². The van der Waals surface area contributed by atoms with Crippen molar-refractivity contribution in [2.24, 2.45) is 23.2 Å². The van der Waals surface area contributed by atoms with Crippen LogP contribution in [0.2, 0.25) is 0 Å². The molecule has 4 saturated carbocycles. The first-order valence-corrected chi connectivity index (χ1v) is 13.3. The average molecular weight is 454 g/mol. The monoisotopic (exact) mass is 453 g/mol. The Morgan fingerprint density at radius 2 is 1.72 bits per heavy atom. The Morgan fingerprint density at radius 3 is 2.38 bits per heavy atom. The molecule has 4 bridgehead atoms. The number of ether oxygens (including phenoxy) is 1. The fraction of sp³-hybridized carbons (Fsp3) is 0.692. The number of amides is 1. The SMILES string of the molecule is Cc1cc2nc(N(CCN3CCOCC3)C(=O)C34CC5CC(CC(C5)C3)C4)sc2cc1C. The van der Waals surface area contributed by atoms with Gasteiger partial charge in [-0.25, -0.2) is 4.98 Å². The van der Waals surface area contributed by atoms with Crippen LogP contribution in [0.25, 0.3) is 10.2 Å². The van der Waals surface area contributed by atoms with Gasteiger partial charge in [0.05, 0.1) is 28.8 Å². The van der Waals surface area contributed by atoms with Crippen molar-refractivity contribution in [3.05, 3.63) is 23.3 Å². The van der Waals surface area contributed by atoms with Crippen LogP contribution in [0.5, 0.6) is 0 Å². The molecule has 5 fully saturated rings. The van der Waals surface area contributed by atoms with E-state index < -0.39 is 0 Å². The maximum atomic E-state index is 14.3. The molecule has 1 saturated heterocycles. The Hall–Kier alpha value is -1.50. The van der Waals surface area contributed by atoms with Crippen molar-refractivity contribution in [3.8, 4) is 0 Å². The molecule has 0 atom stereocenters. The minimum Gasteiger partial charge on any atom is -0.379 e. The van der Waals surface area contributed by atoms with Crippen LogP contribution in [-0.2, 0) is 9.53 Å². The van der Waals surface area contributed by atoms with Crippen LogP contribution in [0.1, 0.15) is 49.7 Å². The summed E-state index contributed by atoms with van der Waals surface area (Å²) in [6.45, 7) is 9.43. The number of fused-ring (bicyclic) bond motifs is 1. The topological polar surface area (TPSA) is 45.7 Å². The molecule has 0 N–H and O–H groups in total. The molecule has 2 aromatic rings. The lowest BCUT2D eigenvalue weighted by Gasteiger charge is -2.56. The standard InChI is InChI=1S/C26H35N3O2S/c1-17-9-22-23(10-18(17)2)32-25(27-22)29(4-3-28-5-7-31-8-6-28)24(30)26-14-19-11-20(15-26)13-21(12-19)16-26/h9-10,19-21H,3-8,11-16H2,1-2H3. The van der Waals surface area contributed by atoms with E-state index in [1.165, 1.54) is 35.1 Å². The molecule has 5 aliphatic rings. The first kappa shape index (κ1) is 21.1. The number of thiazole rings is 1. The Labute approximate surface area is 195 Å². The predicted octanol–water partition coefficient (Wildman–Crippen LogP) is 4.79. The van der Waals surface area contributed by atoms with E-state index >= 15 is 0 Å². The van der Waals surface area contributed by atoms with Crippen LogP contribution in [0.4, 0.5) is 5.13 Å². The van der Waals surface area contributed by atoms with E-state index in [1.807, 2.05) is 0 Å². The molecule has 0 radical (unpaired) electrons. The van der Waals surface area contributed by atoms with Gasteiger partial charge in [-0.05, 0) is 93.4 Å². The number of benzene rings is 1. The van der Waals surface area contributed by atoms with Crippen LogP contribution in [0.3, 0.4) is 0 Å². The van der Waals surface area contributed by atoms with Gasteiger partial charge in [0, 0.05) is 26.2 Å². The van der Waals surface area contributed by atoms with Gasteiger partial charge in [-0.3, -0.25) is 14.6 Å². The van der Waals surface area contributed by atoms with E-state index in [-0.39, 0.29) is 5.41 Å². The summed E-state index contributed by atoms with van der Waals surface area (Å²) in [5.41, 5.74) is 3.45. The van der Waals surface area contributed by atoms with Crippen LogP contribution < -0.4 is 4.90 Å². The van der Waals surface area contributed by atoms with Crippen LogP contribution in [0, 0.1) is 37.0 Å². The largest absolute Gasteiger partial charge is 0.379 e. The van der Waals surface area contributed by atoms with E-state index in [2.05, 4.69) is 35.8 Å².